The maximum atomic E-state index is 15.3. The first kappa shape index (κ1) is 25.4. The summed E-state index contributed by atoms with van der Waals surface area (Å²) in [5, 5.41) is 19.6. The van der Waals surface area contributed by atoms with E-state index < -0.39 is 28.0 Å². The largest absolute Gasteiger partial charge is 0.465 e. The molecule has 0 aliphatic heterocycles. The number of aliphatic hydroxyl groups excluding tert-OH is 1. The number of carbonyl (C=O) groups is 1. The van der Waals surface area contributed by atoms with E-state index in [1.807, 2.05) is 20.8 Å². The molecule has 1 atom stereocenters. The second-order valence-corrected chi connectivity index (χ2v) is 11.1. The molecular weight excluding hydrogens is 461 g/mol. The average Bonchev–Trinajstić information content (AvgIpc) is 3.17. The fourth-order valence-corrected chi connectivity index (χ4v) is 5.00. The van der Waals surface area contributed by atoms with E-state index in [1.54, 1.807) is 0 Å². The van der Waals surface area contributed by atoms with Gasteiger partial charge in [0.2, 0.25) is 0 Å². The summed E-state index contributed by atoms with van der Waals surface area (Å²) in [6.45, 7) is 7.21. The van der Waals surface area contributed by atoms with Gasteiger partial charge < -0.3 is 15.1 Å². The van der Waals surface area contributed by atoms with E-state index in [2.05, 4.69) is 4.98 Å². The Morgan fingerprint density at radius 3 is 2.50 bits per heavy atom. The molecule has 0 radical (unpaired) electrons. The number of hydrogen-bond donors (Lipinski definition) is 2. The van der Waals surface area contributed by atoms with Gasteiger partial charge in [0.25, 0.3) is 10.0 Å². The highest BCUT2D eigenvalue weighted by molar-refractivity contribution is 7.90. The number of benzene rings is 1. The van der Waals surface area contributed by atoms with Crippen LogP contribution in [0, 0.1) is 11.2 Å². The van der Waals surface area contributed by atoms with Crippen molar-refractivity contribution in [1.82, 2.24) is 13.9 Å². The summed E-state index contributed by atoms with van der Waals surface area (Å²) in [7, 11) is -4.18. The minimum absolute atomic E-state index is 0.0138. The summed E-state index contributed by atoms with van der Waals surface area (Å²) in [6.07, 6.45) is 1.66. The van der Waals surface area contributed by atoms with Gasteiger partial charge >= 0.3 is 6.09 Å². The zero-order valence-corrected chi connectivity index (χ0v) is 20.3. The lowest BCUT2D eigenvalue weighted by Crippen LogP contribution is -2.36. The van der Waals surface area contributed by atoms with Crippen LogP contribution in [0.2, 0.25) is 0 Å². The predicted molar refractivity (Wildman–Crippen MR) is 125 cm³/mol. The first-order chi connectivity index (χ1) is 15.8. The number of pyridine rings is 1. The molecule has 0 saturated heterocycles. The Balaban J connectivity index is 2.20. The second kappa shape index (κ2) is 9.55. The Labute approximate surface area is 198 Å². The van der Waals surface area contributed by atoms with Crippen molar-refractivity contribution in [2.24, 2.45) is 5.41 Å². The highest BCUT2D eigenvalue weighted by Gasteiger charge is 2.27. The van der Waals surface area contributed by atoms with Crippen LogP contribution < -0.4 is 0 Å². The van der Waals surface area contributed by atoms with Crippen molar-refractivity contribution in [3.63, 3.8) is 0 Å². The Morgan fingerprint density at radius 1 is 1.24 bits per heavy atom. The normalized spacial score (nSPS) is 13.0. The summed E-state index contributed by atoms with van der Waals surface area (Å²) >= 11 is 0. The van der Waals surface area contributed by atoms with Crippen molar-refractivity contribution in [3.05, 3.63) is 71.9 Å². The first-order valence-corrected chi connectivity index (χ1v) is 12.1. The predicted octanol–water partition coefficient (Wildman–Crippen LogP) is 4.51. The Morgan fingerprint density at radius 2 is 1.94 bits per heavy atom. The fourth-order valence-electron chi connectivity index (χ4n) is 3.65. The number of nitrogens with zero attached hydrogens (tertiary/aromatic N) is 3. The molecule has 0 spiro atoms. The molecule has 2 N–H and O–H groups in total. The van der Waals surface area contributed by atoms with Crippen LogP contribution in [0.25, 0.3) is 11.3 Å². The molecule has 2 aromatic heterocycles. The maximum Gasteiger partial charge on any atom is 0.407 e. The second-order valence-electron chi connectivity index (χ2n) is 9.31. The third-order valence-corrected chi connectivity index (χ3v) is 6.75. The third kappa shape index (κ3) is 5.45. The summed E-state index contributed by atoms with van der Waals surface area (Å²) in [5.41, 5.74) is 0.0414. The minimum Gasteiger partial charge on any atom is -0.465 e. The lowest BCUT2D eigenvalue weighted by molar-refractivity contribution is 0.123. The van der Waals surface area contributed by atoms with Gasteiger partial charge in [0.05, 0.1) is 18.3 Å². The minimum atomic E-state index is -4.18. The van der Waals surface area contributed by atoms with Gasteiger partial charge in [0.15, 0.2) is 0 Å². The van der Waals surface area contributed by atoms with Crippen LogP contribution in [0.4, 0.5) is 9.18 Å². The zero-order valence-electron chi connectivity index (χ0n) is 19.4. The van der Waals surface area contributed by atoms with Crippen LogP contribution in [-0.2, 0) is 16.6 Å². The number of aromatic nitrogens is 2. The van der Waals surface area contributed by atoms with Crippen molar-refractivity contribution in [2.45, 2.75) is 45.2 Å². The molecule has 0 fully saturated rings. The molecular formula is C24H28FN3O5S. The highest BCUT2D eigenvalue weighted by Crippen LogP contribution is 2.32. The molecule has 0 bridgehead atoms. The molecule has 3 aromatic rings. The summed E-state index contributed by atoms with van der Waals surface area (Å²) in [5.74, 6) is -0.755. The van der Waals surface area contributed by atoms with Crippen LogP contribution in [0.3, 0.4) is 0 Å². The number of rotatable bonds is 7. The van der Waals surface area contributed by atoms with Gasteiger partial charge in [0, 0.05) is 36.3 Å². The molecule has 1 unspecified atom stereocenters. The van der Waals surface area contributed by atoms with Crippen LogP contribution >= 0.6 is 0 Å². The summed E-state index contributed by atoms with van der Waals surface area (Å²) < 4.78 is 43.1. The van der Waals surface area contributed by atoms with Gasteiger partial charge in [-0.2, -0.15) is 0 Å². The summed E-state index contributed by atoms with van der Waals surface area (Å²) in [6, 6.07) is 8.66. The van der Waals surface area contributed by atoms with Gasteiger partial charge in [-0.25, -0.2) is 21.6 Å². The highest BCUT2D eigenvalue weighted by atomic mass is 32.2. The summed E-state index contributed by atoms with van der Waals surface area (Å²) in [4.78, 5) is 16.8. The van der Waals surface area contributed by atoms with Gasteiger partial charge in [-0.15, -0.1) is 0 Å². The third-order valence-electron chi connectivity index (χ3n) is 5.10. The van der Waals surface area contributed by atoms with E-state index in [1.165, 1.54) is 66.8 Å². The molecule has 0 saturated carbocycles. The molecule has 8 nitrogen and oxygen atoms in total. The molecule has 0 aliphatic carbocycles. The lowest BCUT2D eigenvalue weighted by atomic mass is 9.96. The Kier molecular flexibility index (Phi) is 7.13. The van der Waals surface area contributed by atoms with Crippen molar-refractivity contribution in [1.29, 1.82) is 0 Å². The van der Waals surface area contributed by atoms with Crippen molar-refractivity contribution in [2.75, 3.05) is 6.54 Å². The van der Waals surface area contributed by atoms with E-state index in [9.17, 15) is 23.4 Å². The molecule has 1 aromatic carbocycles. The molecule has 2 heterocycles. The number of hydrogen-bond acceptors (Lipinski definition) is 5. The topological polar surface area (TPSA) is 113 Å². The quantitative estimate of drug-likeness (QED) is 0.505. The molecule has 0 aliphatic rings. The van der Waals surface area contributed by atoms with Crippen molar-refractivity contribution < 1.29 is 27.8 Å². The van der Waals surface area contributed by atoms with Gasteiger partial charge in [-0.1, -0.05) is 32.9 Å². The average molecular weight is 490 g/mol. The SMILES string of the molecule is CC(O)c1cccc(-c2cc(CN(CC(C)(C)C)C(=O)O)cn2S(=O)(=O)c2cccnc2)c1F. The van der Waals surface area contributed by atoms with Gasteiger partial charge in [-0.3, -0.25) is 4.98 Å². The van der Waals surface area contributed by atoms with Crippen LogP contribution in [0.1, 0.15) is 44.9 Å². The fraction of sp³-hybridized carbons (Fsp3) is 0.333. The van der Waals surface area contributed by atoms with E-state index in [0.717, 1.165) is 3.97 Å². The van der Waals surface area contributed by atoms with Crippen LogP contribution in [-0.4, -0.2) is 45.1 Å². The Bertz CT molecular complexity index is 1280. The first-order valence-electron chi connectivity index (χ1n) is 10.6. The number of carboxylic acid groups (broad SMARTS) is 1. The van der Waals surface area contributed by atoms with Crippen molar-refractivity contribution in [3.8, 4) is 11.3 Å². The smallest absolute Gasteiger partial charge is 0.407 e. The van der Waals surface area contributed by atoms with E-state index >= 15 is 4.39 Å². The van der Waals surface area contributed by atoms with Crippen molar-refractivity contribution >= 4 is 16.1 Å². The molecule has 10 heteroatoms. The Hall–Kier alpha value is -3.24. The van der Waals surface area contributed by atoms with Gasteiger partial charge in [-0.05, 0) is 42.2 Å². The zero-order chi connectivity index (χ0) is 25.3. The number of aliphatic hydroxyl groups is 1. The molecule has 3 rings (SSSR count). The molecule has 182 valence electrons. The van der Waals surface area contributed by atoms with Crippen LogP contribution in [0.5, 0.6) is 0 Å². The van der Waals surface area contributed by atoms with Gasteiger partial charge in [0.1, 0.15) is 10.7 Å². The monoisotopic (exact) mass is 489 g/mol. The van der Waals surface area contributed by atoms with E-state index in [0.29, 0.717) is 5.56 Å². The lowest BCUT2D eigenvalue weighted by Gasteiger charge is -2.27. The standard InChI is InChI=1S/C24H28FN3O5S/c1-16(29)19-8-5-9-20(22(19)25)21-11-17(13-27(23(30)31)15-24(2,3)4)14-28(21)34(32,33)18-7-6-10-26-12-18/h5-12,14,16,29H,13,15H2,1-4H3,(H,30,31). The molecule has 1 amide bonds. The van der Waals surface area contributed by atoms with E-state index in [4.69, 9.17) is 0 Å². The number of amides is 1. The maximum absolute atomic E-state index is 15.3. The number of halogens is 1. The van der Waals surface area contributed by atoms with E-state index in [-0.39, 0.29) is 40.2 Å². The molecule has 34 heavy (non-hydrogen) atoms. The van der Waals surface area contributed by atoms with Crippen LogP contribution in [0.15, 0.2) is 59.9 Å².